The molecule has 1 rings (SSSR count). The zero-order chi connectivity index (χ0) is 12.1. The number of pyridine rings is 1. The van der Waals surface area contributed by atoms with Crippen LogP contribution in [-0.4, -0.2) is 18.1 Å². The fourth-order valence-corrected chi connectivity index (χ4v) is 2.03. The summed E-state index contributed by atoms with van der Waals surface area (Å²) < 4.78 is 0. The molecule has 1 aromatic rings. The molecule has 0 amide bonds. The maximum absolute atomic E-state index is 5.98. The number of anilines is 1. The fourth-order valence-electron chi connectivity index (χ4n) is 1.57. The third-order valence-corrected chi connectivity index (χ3v) is 2.98. The predicted octanol–water partition coefficient (Wildman–Crippen LogP) is 3.96. The second kappa shape index (κ2) is 6.31. The van der Waals surface area contributed by atoms with Crippen LogP contribution in [0.3, 0.4) is 0 Å². The summed E-state index contributed by atoms with van der Waals surface area (Å²) >= 11 is 11.8. The molecule has 0 fully saturated rings. The Labute approximate surface area is 108 Å². The van der Waals surface area contributed by atoms with Crippen molar-refractivity contribution < 1.29 is 0 Å². The fraction of sp³-hybridized carbons (Fsp3) is 0.583. The molecule has 16 heavy (non-hydrogen) atoms. The van der Waals surface area contributed by atoms with Gasteiger partial charge in [0.15, 0.2) is 0 Å². The van der Waals surface area contributed by atoms with Crippen molar-refractivity contribution in [3.05, 3.63) is 22.8 Å². The highest BCUT2D eigenvalue weighted by molar-refractivity contribution is 6.32. The molecule has 0 saturated carbocycles. The first kappa shape index (κ1) is 13.6. The summed E-state index contributed by atoms with van der Waals surface area (Å²) in [6.45, 7) is 8.45. The average molecular weight is 261 g/mol. The topological polar surface area (TPSA) is 16.1 Å². The molecule has 0 aliphatic carbocycles. The summed E-state index contributed by atoms with van der Waals surface area (Å²) in [6, 6.07) is 1.97. The Morgan fingerprint density at radius 2 is 2.12 bits per heavy atom. The van der Waals surface area contributed by atoms with Gasteiger partial charge >= 0.3 is 0 Å². The van der Waals surface area contributed by atoms with E-state index < -0.39 is 0 Å². The number of hydrogen-bond donors (Lipinski definition) is 0. The van der Waals surface area contributed by atoms with Crippen LogP contribution in [0.1, 0.15) is 26.3 Å². The smallest absolute Gasteiger partial charge is 0.128 e. The van der Waals surface area contributed by atoms with Gasteiger partial charge in [-0.1, -0.05) is 25.4 Å². The van der Waals surface area contributed by atoms with Crippen molar-refractivity contribution in [3.8, 4) is 0 Å². The molecule has 0 unspecified atom stereocenters. The van der Waals surface area contributed by atoms with E-state index in [1.54, 1.807) is 6.20 Å². The van der Waals surface area contributed by atoms with Crippen molar-refractivity contribution in [3.63, 3.8) is 0 Å². The lowest BCUT2D eigenvalue weighted by molar-refractivity contribution is 0.614. The second-order valence-electron chi connectivity index (χ2n) is 4.20. The minimum atomic E-state index is 0.424. The Morgan fingerprint density at radius 1 is 1.44 bits per heavy atom. The van der Waals surface area contributed by atoms with Crippen molar-refractivity contribution in [2.24, 2.45) is 5.92 Å². The van der Waals surface area contributed by atoms with Crippen molar-refractivity contribution in [1.29, 1.82) is 0 Å². The van der Waals surface area contributed by atoms with Gasteiger partial charge in [-0.3, -0.25) is 0 Å². The van der Waals surface area contributed by atoms with Crippen LogP contribution >= 0.6 is 23.2 Å². The van der Waals surface area contributed by atoms with Crippen LogP contribution in [-0.2, 0) is 5.88 Å². The summed E-state index contributed by atoms with van der Waals surface area (Å²) in [5, 5.41) is 0.638. The van der Waals surface area contributed by atoms with Gasteiger partial charge in [0.2, 0.25) is 0 Å². The van der Waals surface area contributed by atoms with Crippen molar-refractivity contribution in [2.75, 3.05) is 18.0 Å². The van der Waals surface area contributed by atoms with E-state index >= 15 is 0 Å². The molecule has 0 bridgehead atoms. The number of alkyl halides is 1. The SMILES string of the molecule is CCN(CC(C)C)c1cc(CCl)c(Cl)cn1. The summed E-state index contributed by atoms with van der Waals surface area (Å²) in [6.07, 6.45) is 1.68. The molecule has 0 N–H and O–H groups in total. The summed E-state index contributed by atoms with van der Waals surface area (Å²) in [5.74, 6) is 1.99. The lowest BCUT2D eigenvalue weighted by Crippen LogP contribution is -2.28. The highest BCUT2D eigenvalue weighted by Gasteiger charge is 2.10. The first-order valence-electron chi connectivity index (χ1n) is 5.53. The molecule has 4 heteroatoms. The van der Waals surface area contributed by atoms with Gasteiger partial charge in [-0.25, -0.2) is 4.98 Å². The zero-order valence-electron chi connectivity index (χ0n) is 10.0. The van der Waals surface area contributed by atoms with E-state index in [1.807, 2.05) is 6.07 Å². The first-order chi connectivity index (χ1) is 7.58. The Kier molecular flexibility index (Phi) is 5.36. The standard InChI is InChI=1S/C12H18Cl2N2/c1-4-16(8-9(2)3)12-5-10(6-13)11(14)7-15-12/h5,7,9H,4,6,8H2,1-3H3. The minimum Gasteiger partial charge on any atom is -0.357 e. The minimum absolute atomic E-state index is 0.424. The third-order valence-electron chi connectivity index (χ3n) is 2.36. The van der Waals surface area contributed by atoms with E-state index in [1.165, 1.54) is 0 Å². The quantitative estimate of drug-likeness (QED) is 0.746. The second-order valence-corrected chi connectivity index (χ2v) is 4.87. The molecule has 0 aromatic carbocycles. The molecule has 0 saturated heterocycles. The average Bonchev–Trinajstić information content (AvgIpc) is 2.26. The monoisotopic (exact) mass is 260 g/mol. The summed E-state index contributed by atoms with van der Waals surface area (Å²) in [4.78, 5) is 6.58. The molecule has 0 radical (unpaired) electrons. The van der Waals surface area contributed by atoms with Crippen molar-refractivity contribution >= 4 is 29.0 Å². The molecule has 0 aliphatic heterocycles. The van der Waals surface area contributed by atoms with Gasteiger partial charge in [0, 0.05) is 25.2 Å². The number of rotatable bonds is 5. The van der Waals surface area contributed by atoms with E-state index in [2.05, 4.69) is 30.7 Å². The van der Waals surface area contributed by atoms with Crippen LogP contribution in [0.2, 0.25) is 5.02 Å². The van der Waals surface area contributed by atoms with Crippen molar-refractivity contribution in [1.82, 2.24) is 4.98 Å². The van der Waals surface area contributed by atoms with Crippen molar-refractivity contribution in [2.45, 2.75) is 26.7 Å². The van der Waals surface area contributed by atoms with E-state index in [-0.39, 0.29) is 0 Å². The van der Waals surface area contributed by atoms with E-state index in [0.717, 1.165) is 24.5 Å². The first-order valence-corrected chi connectivity index (χ1v) is 6.45. The van der Waals surface area contributed by atoms with E-state index in [9.17, 15) is 0 Å². The zero-order valence-corrected chi connectivity index (χ0v) is 11.5. The molecule has 1 aromatic heterocycles. The van der Waals surface area contributed by atoms with E-state index in [0.29, 0.717) is 16.8 Å². The van der Waals surface area contributed by atoms with Gasteiger partial charge in [-0.2, -0.15) is 0 Å². The van der Waals surface area contributed by atoms with Crippen LogP contribution in [0.5, 0.6) is 0 Å². The lowest BCUT2D eigenvalue weighted by Gasteiger charge is -2.24. The van der Waals surface area contributed by atoms with E-state index in [4.69, 9.17) is 23.2 Å². The van der Waals surface area contributed by atoms with Crippen LogP contribution in [0.25, 0.3) is 0 Å². The lowest BCUT2D eigenvalue weighted by atomic mass is 10.2. The molecular weight excluding hydrogens is 243 g/mol. The number of hydrogen-bond acceptors (Lipinski definition) is 2. The van der Waals surface area contributed by atoms with Gasteiger partial charge in [-0.05, 0) is 24.5 Å². The summed E-state index contributed by atoms with van der Waals surface area (Å²) in [5.41, 5.74) is 0.940. The summed E-state index contributed by atoms with van der Waals surface area (Å²) in [7, 11) is 0. The number of nitrogens with zero attached hydrogens (tertiary/aromatic N) is 2. The van der Waals surface area contributed by atoms with Gasteiger partial charge in [0.05, 0.1) is 5.02 Å². The van der Waals surface area contributed by atoms with Crippen LogP contribution in [0.4, 0.5) is 5.82 Å². The molecular formula is C12H18Cl2N2. The highest BCUT2D eigenvalue weighted by atomic mass is 35.5. The Bertz CT molecular complexity index is 340. The largest absolute Gasteiger partial charge is 0.357 e. The molecule has 90 valence electrons. The maximum Gasteiger partial charge on any atom is 0.128 e. The number of aromatic nitrogens is 1. The third kappa shape index (κ3) is 3.53. The van der Waals surface area contributed by atoms with Gasteiger partial charge < -0.3 is 4.90 Å². The van der Waals surface area contributed by atoms with Crippen LogP contribution < -0.4 is 4.90 Å². The van der Waals surface area contributed by atoms with Crippen LogP contribution in [0, 0.1) is 5.92 Å². The Morgan fingerprint density at radius 3 is 2.62 bits per heavy atom. The normalized spacial score (nSPS) is 10.9. The predicted molar refractivity (Wildman–Crippen MR) is 71.5 cm³/mol. The van der Waals surface area contributed by atoms with Gasteiger partial charge in [-0.15, -0.1) is 11.6 Å². The Hall–Kier alpha value is -0.470. The van der Waals surface area contributed by atoms with Gasteiger partial charge in [0.1, 0.15) is 5.82 Å². The number of halogens is 2. The molecule has 0 atom stereocenters. The van der Waals surface area contributed by atoms with Crippen LogP contribution in [0.15, 0.2) is 12.3 Å². The van der Waals surface area contributed by atoms with Gasteiger partial charge in [0.25, 0.3) is 0 Å². The Balaban J connectivity index is 2.92. The highest BCUT2D eigenvalue weighted by Crippen LogP contribution is 2.22. The maximum atomic E-state index is 5.98. The molecule has 2 nitrogen and oxygen atoms in total. The molecule has 0 spiro atoms. The molecule has 0 aliphatic rings. The molecule has 1 heterocycles.